The van der Waals surface area contributed by atoms with Crippen molar-refractivity contribution in [2.75, 3.05) is 5.75 Å². The standard InChI is InChI=1S/C27H22F4N2OS2/c1-15-17(13-18-19(27(29,30)31)9-5-10-20(18)28)26-33(25(34)23(15)22-11-6-12-35-22)21(14-36-26)24(32)16-7-3-2-4-8-16/h2-12,21,24H,13-14,32H2,1H3. The highest BCUT2D eigenvalue weighted by Gasteiger charge is 2.37. The molecule has 9 heteroatoms. The summed E-state index contributed by atoms with van der Waals surface area (Å²) in [5.74, 6) is -0.443. The fourth-order valence-corrected chi connectivity index (χ4v) is 7.05. The molecule has 2 N–H and O–H groups in total. The van der Waals surface area contributed by atoms with Crippen molar-refractivity contribution < 1.29 is 17.6 Å². The minimum Gasteiger partial charge on any atom is -0.322 e. The van der Waals surface area contributed by atoms with Crippen LogP contribution in [0.1, 0.15) is 39.9 Å². The molecule has 3 heterocycles. The zero-order chi connectivity index (χ0) is 25.6. The molecule has 0 bridgehead atoms. The number of halogens is 4. The lowest BCUT2D eigenvalue weighted by Gasteiger charge is -2.24. The monoisotopic (exact) mass is 530 g/mol. The maximum Gasteiger partial charge on any atom is 0.416 e. The van der Waals surface area contributed by atoms with Gasteiger partial charge >= 0.3 is 6.18 Å². The summed E-state index contributed by atoms with van der Waals surface area (Å²) in [4.78, 5) is 14.6. The highest BCUT2D eigenvalue weighted by atomic mass is 32.2. The van der Waals surface area contributed by atoms with Crippen molar-refractivity contribution in [3.63, 3.8) is 0 Å². The molecule has 0 saturated heterocycles. The molecule has 186 valence electrons. The number of thioether (sulfide) groups is 1. The van der Waals surface area contributed by atoms with Crippen molar-refractivity contribution in [1.29, 1.82) is 0 Å². The van der Waals surface area contributed by atoms with Gasteiger partial charge in [-0.25, -0.2) is 4.39 Å². The van der Waals surface area contributed by atoms with Crippen LogP contribution in [-0.4, -0.2) is 10.3 Å². The molecule has 1 aliphatic rings. The van der Waals surface area contributed by atoms with Gasteiger partial charge in [0.05, 0.1) is 28.2 Å². The average Bonchev–Trinajstić information content (AvgIpc) is 3.53. The molecule has 2 aromatic heterocycles. The van der Waals surface area contributed by atoms with Crippen molar-refractivity contribution in [2.45, 2.75) is 36.6 Å². The third-order valence-electron chi connectivity index (χ3n) is 6.60. The summed E-state index contributed by atoms with van der Waals surface area (Å²) in [6, 6.07) is 15.1. The van der Waals surface area contributed by atoms with Crippen LogP contribution >= 0.6 is 23.1 Å². The molecular weight excluding hydrogens is 508 g/mol. The van der Waals surface area contributed by atoms with Crippen LogP contribution < -0.4 is 11.3 Å². The van der Waals surface area contributed by atoms with E-state index in [0.29, 0.717) is 32.3 Å². The second-order valence-electron chi connectivity index (χ2n) is 8.69. The van der Waals surface area contributed by atoms with Crippen LogP contribution in [-0.2, 0) is 12.6 Å². The fourth-order valence-electron chi connectivity index (χ4n) is 4.79. The van der Waals surface area contributed by atoms with Crippen LogP contribution in [0.3, 0.4) is 0 Å². The molecule has 4 aromatic rings. The van der Waals surface area contributed by atoms with Crippen LogP contribution in [0.15, 0.2) is 75.9 Å². The first-order valence-corrected chi connectivity index (χ1v) is 13.1. The average molecular weight is 531 g/mol. The molecular formula is C27H22F4N2OS2. The summed E-state index contributed by atoms with van der Waals surface area (Å²) in [7, 11) is 0. The van der Waals surface area contributed by atoms with Gasteiger partial charge in [-0.2, -0.15) is 13.2 Å². The van der Waals surface area contributed by atoms with E-state index in [0.717, 1.165) is 23.8 Å². The van der Waals surface area contributed by atoms with E-state index in [1.165, 1.54) is 23.1 Å². The Balaban J connectivity index is 1.73. The largest absolute Gasteiger partial charge is 0.416 e. The van der Waals surface area contributed by atoms with Gasteiger partial charge in [-0.3, -0.25) is 9.36 Å². The molecule has 1 aliphatic heterocycles. The van der Waals surface area contributed by atoms with E-state index in [2.05, 4.69) is 0 Å². The molecule has 2 atom stereocenters. The van der Waals surface area contributed by atoms with E-state index in [-0.39, 0.29) is 12.0 Å². The fraction of sp³-hybridized carbons (Fsp3) is 0.222. The second-order valence-corrected chi connectivity index (χ2v) is 10.6. The first-order chi connectivity index (χ1) is 17.2. The highest BCUT2D eigenvalue weighted by Crippen LogP contribution is 2.44. The van der Waals surface area contributed by atoms with Crippen LogP contribution in [0.5, 0.6) is 0 Å². The summed E-state index contributed by atoms with van der Waals surface area (Å²) in [6.45, 7) is 1.73. The Labute approximate surface area is 213 Å². The van der Waals surface area contributed by atoms with Crippen molar-refractivity contribution in [3.8, 4) is 10.4 Å². The summed E-state index contributed by atoms with van der Waals surface area (Å²) >= 11 is 2.76. The number of hydrogen-bond acceptors (Lipinski definition) is 4. The third-order valence-corrected chi connectivity index (χ3v) is 8.72. The molecule has 0 amide bonds. The van der Waals surface area contributed by atoms with E-state index in [1.807, 2.05) is 47.8 Å². The number of nitrogens with two attached hydrogens (primary N) is 1. The van der Waals surface area contributed by atoms with Crippen molar-refractivity contribution >= 4 is 23.1 Å². The van der Waals surface area contributed by atoms with Crippen LogP contribution in [0, 0.1) is 12.7 Å². The zero-order valence-electron chi connectivity index (χ0n) is 19.2. The quantitative estimate of drug-likeness (QED) is 0.283. The highest BCUT2D eigenvalue weighted by molar-refractivity contribution is 7.99. The topological polar surface area (TPSA) is 48.0 Å². The predicted octanol–water partition coefficient (Wildman–Crippen LogP) is 6.98. The first kappa shape index (κ1) is 24.8. The van der Waals surface area contributed by atoms with Gasteiger partial charge in [-0.15, -0.1) is 23.1 Å². The molecule has 2 aromatic carbocycles. The van der Waals surface area contributed by atoms with Crippen molar-refractivity contribution in [2.24, 2.45) is 5.73 Å². The van der Waals surface area contributed by atoms with Gasteiger partial charge in [0.25, 0.3) is 5.56 Å². The van der Waals surface area contributed by atoms with Gasteiger partial charge in [0.1, 0.15) is 5.82 Å². The molecule has 0 spiro atoms. The number of pyridine rings is 1. The number of thiophene rings is 1. The SMILES string of the molecule is Cc1c(Cc2c(F)cccc2C(F)(F)F)c2n(c(=O)c1-c1cccs1)C(C(N)c1ccccc1)CS2. The Bertz CT molecular complexity index is 1460. The maximum absolute atomic E-state index is 14.8. The zero-order valence-corrected chi connectivity index (χ0v) is 20.8. The number of fused-ring (bicyclic) bond motifs is 1. The van der Waals surface area contributed by atoms with E-state index in [9.17, 15) is 22.4 Å². The van der Waals surface area contributed by atoms with Crippen molar-refractivity contribution in [1.82, 2.24) is 4.57 Å². The maximum atomic E-state index is 14.8. The molecule has 5 rings (SSSR count). The Morgan fingerprint density at radius 3 is 2.47 bits per heavy atom. The summed E-state index contributed by atoms with van der Waals surface area (Å²) in [6.07, 6.45) is -5.00. The van der Waals surface area contributed by atoms with Gasteiger partial charge in [0.2, 0.25) is 0 Å². The lowest BCUT2D eigenvalue weighted by atomic mass is 9.94. The molecule has 0 fully saturated rings. The summed E-state index contributed by atoms with van der Waals surface area (Å²) in [5.41, 5.74) is 7.30. The lowest BCUT2D eigenvalue weighted by molar-refractivity contribution is -0.138. The van der Waals surface area contributed by atoms with Gasteiger partial charge < -0.3 is 5.73 Å². The van der Waals surface area contributed by atoms with Crippen LogP contribution in [0.25, 0.3) is 10.4 Å². The van der Waals surface area contributed by atoms with Gasteiger partial charge in [-0.1, -0.05) is 42.5 Å². The van der Waals surface area contributed by atoms with Gasteiger partial charge in [0.15, 0.2) is 0 Å². The van der Waals surface area contributed by atoms with E-state index >= 15 is 0 Å². The Kier molecular flexibility index (Phi) is 6.57. The van der Waals surface area contributed by atoms with Gasteiger partial charge in [0, 0.05) is 22.6 Å². The third kappa shape index (κ3) is 4.29. The lowest BCUT2D eigenvalue weighted by Crippen LogP contribution is -2.33. The van der Waals surface area contributed by atoms with Crippen molar-refractivity contribution in [3.05, 3.63) is 110 Å². The summed E-state index contributed by atoms with van der Waals surface area (Å²) < 4.78 is 57.8. The predicted molar refractivity (Wildman–Crippen MR) is 136 cm³/mol. The minimum atomic E-state index is -4.71. The number of aromatic nitrogens is 1. The van der Waals surface area contributed by atoms with Crippen LogP contribution in [0.2, 0.25) is 0 Å². The molecule has 0 radical (unpaired) electrons. The van der Waals surface area contributed by atoms with Gasteiger partial charge in [-0.05, 0) is 47.2 Å². The Morgan fingerprint density at radius 1 is 1.06 bits per heavy atom. The first-order valence-electron chi connectivity index (χ1n) is 11.3. The minimum absolute atomic E-state index is 0.236. The molecule has 36 heavy (non-hydrogen) atoms. The van der Waals surface area contributed by atoms with E-state index in [1.54, 1.807) is 11.5 Å². The second kappa shape index (κ2) is 9.53. The Morgan fingerprint density at radius 2 is 1.81 bits per heavy atom. The normalized spacial score (nSPS) is 16.2. The molecule has 3 nitrogen and oxygen atoms in total. The van der Waals surface area contributed by atoms with E-state index < -0.39 is 35.2 Å². The molecule has 0 saturated carbocycles. The Hall–Kier alpha value is -2.88. The summed E-state index contributed by atoms with van der Waals surface area (Å²) in [5, 5.41) is 2.39. The number of hydrogen-bond donors (Lipinski definition) is 1. The van der Waals surface area contributed by atoms with E-state index in [4.69, 9.17) is 5.73 Å². The number of rotatable bonds is 5. The number of nitrogens with zero attached hydrogens (tertiary/aromatic N) is 1. The number of alkyl halides is 3. The van der Waals surface area contributed by atoms with Crippen LogP contribution in [0.4, 0.5) is 17.6 Å². The smallest absolute Gasteiger partial charge is 0.322 e. The molecule has 2 unspecified atom stereocenters. The molecule has 0 aliphatic carbocycles. The number of benzene rings is 2.